The van der Waals surface area contributed by atoms with Gasteiger partial charge in [-0.2, -0.15) is 0 Å². The summed E-state index contributed by atoms with van der Waals surface area (Å²) in [5.41, 5.74) is 4.60. The number of hydrogen-bond acceptors (Lipinski definition) is 4. The van der Waals surface area contributed by atoms with Gasteiger partial charge < -0.3 is 21.1 Å². The molecule has 1 atom stereocenters. The van der Waals surface area contributed by atoms with E-state index in [1.165, 1.54) is 0 Å². The van der Waals surface area contributed by atoms with Crippen LogP contribution in [0.5, 0.6) is 0 Å². The van der Waals surface area contributed by atoms with E-state index < -0.39 is 17.6 Å². The minimum atomic E-state index is -0.865. The molecule has 6 nitrogen and oxygen atoms in total. The first-order valence-electron chi connectivity index (χ1n) is 6.58. The Morgan fingerprint density at radius 1 is 1.26 bits per heavy atom. The first-order chi connectivity index (χ1) is 8.64. The van der Waals surface area contributed by atoms with E-state index in [0.29, 0.717) is 26.0 Å². The molecule has 2 fully saturated rings. The third-order valence-corrected chi connectivity index (χ3v) is 3.76. The van der Waals surface area contributed by atoms with Crippen molar-refractivity contribution >= 4 is 24.2 Å². The highest BCUT2D eigenvalue weighted by atomic mass is 35.5. The fraction of sp³-hybridized carbons (Fsp3) is 0.833. The number of primary amides is 1. The third-order valence-electron chi connectivity index (χ3n) is 3.76. The second-order valence-corrected chi connectivity index (χ2v) is 5.06. The maximum Gasteiger partial charge on any atom is 0.251 e. The van der Waals surface area contributed by atoms with Crippen LogP contribution in [0.15, 0.2) is 0 Å². The summed E-state index contributed by atoms with van der Waals surface area (Å²) in [6.07, 6.45) is 3.69. The average Bonchev–Trinajstić information content (AvgIpc) is 2.40. The summed E-state index contributed by atoms with van der Waals surface area (Å²) in [4.78, 5) is 23.7. The molecule has 1 saturated heterocycles. The minimum Gasteiger partial charge on any atom is -0.368 e. The van der Waals surface area contributed by atoms with Gasteiger partial charge in [0.15, 0.2) is 0 Å². The Balaban J connectivity index is 0.00000180. The summed E-state index contributed by atoms with van der Waals surface area (Å²) in [5.74, 6) is -0.665. The van der Waals surface area contributed by atoms with Gasteiger partial charge in [0.2, 0.25) is 5.91 Å². The molecule has 19 heavy (non-hydrogen) atoms. The summed E-state index contributed by atoms with van der Waals surface area (Å²) in [7, 11) is 0. The molecule has 4 N–H and O–H groups in total. The second-order valence-electron chi connectivity index (χ2n) is 5.06. The van der Waals surface area contributed by atoms with Gasteiger partial charge in [-0.15, -0.1) is 12.4 Å². The Labute approximate surface area is 119 Å². The first kappa shape index (κ1) is 16.2. The van der Waals surface area contributed by atoms with E-state index in [1.807, 2.05) is 0 Å². The number of ether oxygens (including phenoxy) is 1. The van der Waals surface area contributed by atoms with E-state index in [9.17, 15) is 9.59 Å². The molecular formula is C12H22ClN3O3. The normalized spacial score (nSPS) is 26.0. The average molecular weight is 292 g/mol. The van der Waals surface area contributed by atoms with Crippen molar-refractivity contribution in [2.24, 2.45) is 5.73 Å². The number of carbonyl (C=O) groups excluding carboxylic acids is 2. The lowest BCUT2D eigenvalue weighted by Gasteiger charge is -2.36. The van der Waals surface area contributed by atoms with Crippen molar-refractivity contribution in [3.8, 4) is 0 Å². The lowest BCUT2D eigenvalue weighted by molar-refractivity contribution is -0.141. The van der Waals surface area contributed by atoms with Crippen LogP contribution >= 0.6 is 12.4 Å². The number of rotatable bonds is 3. The zero-order valence-electron chi connectivity index (χ0n) is 10.9. The lowest BCUT2D eigenvalue weighted by Crippen LogP contribution is -2.62. The van der Waals surface area contributed by atoms with Crippen LogP contribution in [0.25, 0.3) is 0 Å². The van der Waals surface area contributed by atoms with Gasteiger partial charge in [-0.05, 0) is 12.8 Å². The number of hydrogen-bond donors (Lipinski definition) is 3. The Kier molecular flexibility index (Phi) is 6.03. The number of nitrogens with two attached hydrogens (primary N) is 1. The summed E-state index contributed by atoms with van der Waals surface area (Å²) < 4.78 is 5.38. The van der Waals surface area contributed by atoms with E-state index in [-0.39, 0.29) is 18.3 Å². The number of amides is 2. The van der Waals surface area contributed by atoms with Crippen LogP contribution in [0, 0.1) is 0 Å². The van der Waals surface area contributed by atoms with E-state index in [0.717, 1.165) is 25.8 Å². The molecule has 0 spiro atoms. The summed E-state index contributed by atoms with van der Waals surface area (Å²) in [6, 6.07) is 0. The molecule has 0 unspecified atom stereocenters. The molecule has 2 aliphatic rings. The van der Waals surface area contributed by atoms with Crippen LogP contribution < -0.4 is 16.4 Å². The monoisotopic (exact) mass is 291 g/mol. The van der Waals surface area contributed by atoms with Gasteiger partial charge in [0.05, 0.1) is 6.61 Å². The zero-order chi connectivity index (χ0) is 13.0. The van der Waals surface area contributed by atoms with Gasteiger partial charge >= 0.3 is 0 Å². The highest BCUT2D eigenvalue weighted by Gasteiger charge is 2.40. The third kappa shape index (κ3) is 3.81. The summed E-state index contributed by atoms with van der Waals surface area (Å²) in [6.45, 7) is 1.76. The van der Waals surface area contributed by atoms with Crippen LogP contribution in [0.3, 0.4) is 0 Å². The number of halogens is 1. The van der Waals surface area contributed by atoms with Crippen molar-refractivity contribution in [3.63, 3.8) is 0 Å². The molecular weight excluding hydrogens is 270 g/mol. The van der Waals surface area contributed by atoms with Crippen LogP contribution in [0.4, 0.5) is 0 Å². The van der Waals surface area contributed by atoms with Crippen LogP contribution in [0.2, 0.25) is 0 Å². The van der Waals surface area contributed by atoms with Crippen LogP contribution in [-0.2, 0) is 14.3 Å². The molecule has 1 aliphatic carbocycles. The SMILES string of the molecule is Cl.NC(=O)C1(NC(=O)[C@H]2CNCCO2)CCCCC1. The van der Waals surface area contributed by atoms with Gasteiger partial charge in [-0.3, -0.25) is 9.59 Å². The summed E-state index contributed by atoms with van der Waals surface area (Å²) >= 11 is 0. The minimum absolute atomic E-state index is 0. The Hall–Kier alpha value is -0.850. The molecule has 1 saturated carbocycles. The van der Waals surface area contributed by atoms with Gasteiger partial charge in [0.1, 0.15) is 11.6 Å². The standard InChI is InChI=1S/C12H21N3O3.ClH/c13-11(17)12(4-2-1-3-5-12)15-10(16)9-8-14-6-7-18-9;/h9,14H,1-8H2,(H2,13,17)(H,15,16);1H/t9-;/m1./s1. The van der Waals surface area contributed by atoms with Gasteiger partial charge in [-0.1, -0.05) is 19.3 Å². The van der Waals surface area contributed by atoms with Crippen molar-refractivity contribution in [1.29, 1.82) is 0 Å². The molecule has 2 amide bonds. The molecule has 1 aliphatic heterocycles. The Morgan fingerprint density at radius 2 is 1.95 bits per heavy atom. The van der Waals surface area contributed by atoms with E-state index >= 15 is 0 Å². The van der Waals surface area contributed by atoms with Gasteiger partial charge in [0, 0.05) is 13.1 Å². The molecule has 0 aromatic heterocycles. The fourth-order valence-electron chi connectivity index (χ4n) is 2.64. The van der Waals surface area contributed by atoms with Gasteiger partial charge in [-0.25, -0.2) is 0 Å². The van der Waals surface area contributed by atoms with Crippen molar-refractivity contribution in [2.45, 2.75) is 43.7 Å². The zero-order valence-corrected chi connectivity index (χ0v) is 11.8. The molecule has 0 radical (unpaired) electrons. The van der Waals surface area contributed by atoms with Crippen molar-refractivity contribution < 1.29 is 14.3 Å². The highest BCUT2D eigenvalue weighted by Crippen LogP contribution is 2.28. The number of morpholine rings is 1. The molecule has 0 aromatic carbocycles. The van der Waals surface area contributed by atoms with E-state index in [1.54, 1.807) is 0 Å². The maximum absolute atomic E-state index is 12.1. The second kappa shape index (κ2) is 7.07. The Bertz CT molecular complexity index is 326. The van der Waals surface area contributed by atoms with Crippen molar-refractivity contribution in [3.05, 3.63) is 0 Å². The van der Waals surface area contributed by atoms with Gasteiger partial charge in [0.25, 0.3) is 5.91 Å². The maximum atomic E-state index is 12.1. The smallest absolute Gasteiger partial charge is 0.251 e. The van der Waals surface area contributed by atoms with Crippen molar-refractivity contribution in [1.82, 2.24) is 10.6 Å². The Morgan fingerprint density at radius 3 is 2.47 bits per heavy atom. The molecule has 110 valence electrons. The van der Waals surface area contributed by atoms with Crippen LogP contribution in [0.1, 0.15) is 32.1 Å². The molecule has 2 rings (SSSR count). The van der Waals surface area contributed by atoms with Crippen LogP contribution in [-0.4, -0.2) is 43.2 Å². The van der Waals surface area contributed by atoms with Crippen molar-refractivity contribution in [2.75, 3.05) is 19.7 Å². The largest absolute Gasteiger partial charge is 0.368 e. The molecule has 0 bridgehead atoms. The molecule has 0 aromatic rings. The summed E-state index contributed by atoms with van der Waals surface area (Å²) in [5, 5.41) is 5.92. The van der Waals surface area contributed by atoms with E-state index in [4.69, 9.17) is 10.5 Å². The fourth-order valence-corrected chi connectivity index (χ4v) is 2.64. The topological polar surface area (TPSA) is 93.5 Å². The lowest BCUT2D eigenvalue weighted by atomic mass is 9.81. The number of nitrogens with one attached hydrogen (secondary N) is 2. The van der Waals surface area contributed by atoms with E-state index in [2.05, 4.69) is 10.6 Å². The predicted octanol–water partition coefficient (Wildman–Crippen LogP) is -0.299. The molecule has 1 heterocycles. The first-order valence-corrected chi connectivity index (χ1v) is 6.58. The molecule has 7 heteroatoms. The quantitative estimate of drug-likeness (QED) is 0.665. The predicted molar refractivity (Wildman–Crippen MR) is 73.0 cm³/mol. The number of carbonyl (C=O) groups is 2. The highest BCUT2D eigenvalue weighted by molar-refractivity contribution is 5.92.